The first kappa shape index (κ1) is 31.5. The molecule has 0 aromatic carbocycles. The fourth-order valence-corrected chi connectivity index (χ4v) is 0. The normalized spacial score (nSPS) is 10.6. The number of hydrogen-bond acceptors (Lipinski definition) is 0. The quantitative estimate of drug-likeness (QED) is 0.594. The molecule has 0 unspecified atom stereocenters. The Bertz CT molecular complexity index is 132. The average Bonchev–Trinajstić information content (AvgIpc) is 1.83. The van der Waals surface area contributed by atoms with Crippen molar-refractivity contribution in [2.24, 2.45) is 0 Å². The van der Waals surface area contributed by atoms with E-state index in [1.165, 1.54) is 0 Å². The summed E-state index contributed by atoms with van der Waals surface area (Å²) in [6, 6.07) is 0. The Morgan fingerprint density at radius 3 is 0.588 bits per heavy atom. The summed E-state index contributed by atoms with van der Waals surface area (Å²) in [5.74, 6) is 0. The van der Waals surface area contributed by atoms with E-state index in [0.717, 1.165) is 0 Å². The predicted octanol–water partition coefficient (Wildman–Crippen LogP) is 3.94. The second kappa shape index (κ2) is 13.2. The van der Waals surface area contributed by atoms with Crippen LogP contribution in [0.1, 0.15) is 41.5 Å². The van der Waals surface area contributed by atoms with Gasteiger partial charge in [-0.1, -0.05) is 67.7 Å². The molecule has 0 saturated carbocycles. The van der Waals surface area contributed by atoms with E-state index >= 15 is 0 Å². The van der Waals surface area contributed by atoms with Gasteiger partial charge in [0.15, 0.2) is 0 Å². The largest absolute Gasteiger partial charge is 0.0709 e. The minimum absolute atomic E-state index is 0. The summed E-state index contributed by atoms with van der Waals surface area (Å²) in [4.78, 5) is 0. The molecule has 0 aliphatic carbocycles. The molecule has 0 aliphatic heterocycles. The molecule has 0 aromatic heterocycles. The standard InChI is InChI=1S/2C6H15Si.Ge.2Li/c2*1-6(2,3)7(4)5;;;/h2*1-5H3;;;. The Balaban J connectivity index is -0.0000000480. The van der Waals surface area contributed by atoms with E-state index < -0.39 is 0 Å². The SMILES string of the molecule is C[Si](C)C(C)(C)C.C[Si](C)C(C)(C)C.[Ge].[Li].[Li]. The Morgan fingerprint density at radius 1 is 0.529 bits per heavy atom. The van der Waals surface area contributed by atoms with Gasteiger partial charge in [0.2, 0.25) is 0 Å². The molecule has 0 nitrogen and oxygen atoms in total. The van der Waals surface area contributed by atoms with E-state index in [2.05, 4.69) is 67.7 Å². The minimum atomic E-state index is -0.0502. The van der Waals surface area contributed by atoms with Crippen molar-refractivity contribution in [3.8, 4) is 0 Å². The molecule has 8 radical (unpaired) electrons. The fourth-order valence-electron chi connectivity index (χ4n) is 0. The van der Waals surface area contributed by atoms with Crippen LogP contribution in [-0.4, -0.2) is 72.9 Å². The predicted molar refractivity (Wildman–Crippen MR) is 91.7 cm³/mol. The molecule has 0 aliphatic rings. The van der Waals surface area contributed by atoms with Crippen molar-refractivity contribution in [3.05, 3.63) is 0 Å². The summed E-state index contributed by atoms with van der Waals surface area (Å²) in [5.41, 5.74) is 0. The van der Waals surface area contributed by atoms with Gasteiger partial charge in [0.25, 0.3) is 0 Å². The van der Waals surface area contributed by atoms with Crippen LogP contribution in [0.2, 0.25) is 36.3 Å². The van der Waals surface area contributed by atoms with E-state index in [-0.39, 0.29) is 72.9 Å². The average molecular weight is 317 g/mol. The van der Waals surface area contributed by atoms with E-state index in [0.29, 0.717) is 10.1 Å². The molecule has 92 valence electrons. The van der Waals surface area contributed by atoms with Crippen molar-refractivity contribution in [3.63, 3.8) is 0 Å². The summed E-state index contributed by atoms with van der Waals surface area (Å²) >= 11 is 0. The zero-order valence-electron chi connectivity index (χ0n) is 14.5. The zero-order valence-corrected chi connectivity index (χ0v) is 18.6. The van der Waals surface area contributed by atoms with Gasteiger partial charge in [-0.3, -0.25) is 0 Å². The summed E-state index contributed by atoms with van der Waals surface area (Å²) in [5, 5.41) is 1.20. The van der Waals surface area contributed by atoms with Gasteiger partial charge in [-0.15, -0.1) is 0 Å². The van der Waals surface area contributed by atoms with E-state index in [9.17, 15) is 0 Å². The summed E-state index contributed by atoms with van der Waals surface area (Å²) in [6.45, 7) is 23.2. The zero-order chi connectivity index (χ0) is 12.2. The van der Waals surface area contributed by atoms with Crippen LogP contribution in [0.3, 0.4) is 0 Å². The molecule has 0 heterocycles. The van der Waals surface area contributed by atoms with Crippen molar-refractivity contribution in [1.29, 1.82) is 0 Å². The van der Waals surface area contributed by atoms with Gasteiger partial charge in [0, 0.05) is 72.9 Å². The Hall–Kier alpha value is 2.17. The maximum atomic E-state index is 2.35. The third kappa shape index (κ3) is 23.7. The molecule has 0 rings (SSSR count). The minimum Gasteiger partial charge on any atom is -0.0709 e. The van der Waals surface area contributed by atoms with Gasteiger partial charge in [-0.05, 0) is 10.1 Å². The first-order chi connectivity index (χ1) is 5.89. The van der Waals surface area contributed by atoms with Crippen molar-refractivity contribution in [2.75, 3.05) is 0 Å². The van der Waals surface area contributed by atoms with Gasteiger partial charge in [0.1, 0.15) is 0 Å². The van der Waals surface area contributed by atoms with Crippen LogP contribution in [0.25, 0.3) is 0 Å². The van der Waals surface area contributed by atoms with Crippen LogP contribution in [0.5, 0.6) is 0 Å². The molecule has 5 heteroatoms. The number of rotatable bonds is 0. The fraction of sp³-hybridized carbons (Fsp3) is 1.00. The molecule has 0 aromatic rings. The molecule has 0 N–H and O–H groups in total. The molecule has 0 fully saturated rings. The second-order valence-electron chi connectivity index (χ2n) is 6.50. The van der Waals surface area contributed by atoms with Crippen LogP contribution in [0.4, 0.5) is 0 Å². The topological polar surface area (TPSA) is 0 Å². The molecular formula is C12H30GeLi2Si2. The Morgan fingerprint density at radius 2 is 0.588 bits per heavy atom. The molecule has 0 bridgehead atoms. The van der Waals surface area contributed by atoms with Crippen molar-refractivity contribution in [1.82, 2.24) is 0 Å². The van der Waals surface area contributed by atoms with E-state index in [1.54, 1.807) is 0 Å². The number of hydrogen-bond donors (Lipinski definition) is 0. The van der Waals surface area contributed by atoms with E-state index in [1.807, 2.05) is 0 Å². The first-order valence-corrected chi connectivity index (χ1v) is 10.5. The maximum Gasteiger partial charge on any atom is 0.0470 e. The van der Waals surface area contributed by atoms with Gasteiger partial charge in [-0.25, -0.2) is 0 Å². The molecular weight excluding hydrogens is 287 g/mol. The van der Waals surface area contributed by atoms with Crippen molar-refractivity contribution in [2.45, 2.75) is 77.8 Å². The van der Waals surface area contributed by atoms with Crippen molar-refractivity contribution >= 4 is 72.9 Å². The van der Waals surface area contributed by atoms with Crippen LogP contribution >= 0.6 is 0 Å². The molecule has 17 heavy (non-hydrogen) atoms. The van der Waals surface area contributed by atoms with Crippen LogP contribution in [0, 0.1) is 0 Å². The second-order valence-corrected chi connectivity index (χ2v) is 13.5. The van der Waals surface area contributed by atoms with Gasteiger partial charge in [-0.2, -0.15) is 0 Å². The third-order valence-electron chi connectivity index (χ3n) is 3.00. The van der Waals surface area contributed by atoms with E-state index in [4.69, 9.17) is 0 Å². The van der Waals surface area contributed by atoms with Crippen molar-refractivity contribution < 1.29 is 0 Å². The molecule has 0 atom stereocenters. The Labute approximate surface area is 149 Å². The molecule has 0 amide bonds. The summed E-state index contributed by atoms with van der Waals surface area (Å²) in [7, 11) is -0.100. The van der Waals surface area contributed by atoms with Crippen LogP contribution in [-0.2, 0) is 0 Å². The smallest absolute Gasteiger partial charge is 0.0470 e. The van der Waals surface area contributed by atoms with Gasteiger partial charge in [0.05, 0.1) is 0 Å². The van der Waals surface area contributed by atoms with Gasteiger partial charge < -0.3 is 0 Å². The maximum absolute atomic E-state index is 2.35. The molecule has 0 spiro atoms. The summed E-state index contributed by atoms with van der Waals surface area (Å²) < 4.78 is 0. The van der Waals surface area contributed by atoms with Crippen LogP contribution < -0.4 is 0 Å². The van der Waals surface area contributed by atoms with Gasteiger partial charge >= 0.3 is 0 Å². The molecule has 0 saturated heterocycles. The Kier molecular flexibility index (Phi) is 24.4. The monoisotopic (exact) mass is 318 g/mol. The summed E-state index contributed by atoms with van der Waals surface area (Å²) in [6.07, 6.45) is 0. The first-order valence-electron chi connectivity index (χ1n) is 5.50. The van der Waals surface area contributed by atoms with Crippen LogP contribution in [0.15, 0.2) is 0 Å². The third-order valence-corrected chi connectivity index (χ3v) is 9.00.